The average Bonchev–Trinajstić information content (AvgIpc) is 2.78. The van der Waals surface area contributed by atoms with Gasteiger partial charge in [0.15, 0.2) is 18.2 Å². The summed E-state index contributed by atoms with van der Waals surface area (Å²) in [6, 6.07) is 12.5. The van der Waals surface area contributed by atoms with Crippen LogP contribution in [0.25, 0.3) is 0 Å². The van der Waals surface area contributed by atoms with Crippen LogP contribution in [0.3, 0.4) is 0 Å². The molecule has 3 N–H and O–H groups in total. The molecule has 0 spiro atoms. The SMILES string of the molecule is Nc1c(C(=O)OCC(=O)Nc2cc(Cl)ccc2F)ccc2c1C(=O)c1ccccc1C2=O. The smallest absolute Gasteiger partial charge is 0.340 e. The van der Waals surface area contributed by atoms with Crippen molar-refractivity contribution in [3.05, 3.63) is 93.3 Å². The predicted molar refractivity (Wildman–Crippen MR) is 114 cm³/mol. The lowest BCUT2D eigenvalue weighted by Gasteiger charge is -2.20. The molecule has 0 fully saturated rings. The van der Waals surface area contributed by atoms with Crippen molar-refractivity contribution < 1.29 is 28.3 Å². The quantitative estimate of drug-likeness (QED) is 0.361. The van der Waals surface area contributed by atoms with Gasteiger partial charge in [-0.2, -0.15) is 0 Å². The summed E-state index contributed by atoms with van der Waals surface area (Å²) in [5.41, 5.74) is 5.91. The minimum Gasteiger partial charge on any atom is -0.452 e. The van der Waals surface area contributed by atoms with E-state index in [4.69, 9.17) is 22.1 Å². The van der Waals surface area contributed by atoms with Crippen molar-refractivity contribution in [3.63, 3.8) is 0 Å². The van der Waals surface area contributed by atoms with Crippen molar-refractivity contribution in [2.75, 3.05) is 17.7 Å². The van der Waals surface area contributed by atoms with E-state index in [-0.39, 0.29) is 50.0 Å². The monoisotopic (exact) mass is 452 g/mol. The molecule has 1 aliphatic rings. The summed E-state index contributed by atoms with van der Waals surface area (Å²) in [7, 11) is 0. The van der Waals surface area contributed by atoms with Crippen LogP contribution in [0.2, 0.25) is 5.02 Å². The molecule has 3 aromatic carbocycles. The van der Waals surface area contributed by atoms with Gasteiger partial charge >= 0.3 is 5.97 Å². The Morgan fingerprint density at radius 1 is 0.969 bits per heavy atom. The van der Waals surface area contributed by atoms with Gasteiger partial charge in [-0.3, -0.25) is 14.4 Å². The van der Waals surface area contributed by atoms with Gasteiger partial charge < -0.3 is 15.8 Å². The predicted octanol–water partition coefficient (Wildman–Crippen LogP) is 3.63. The molecule has 7 nitrogen and oxygen atoms in total. The van der Waals surface area contributed by atoms with Crippen LogP contribution in [0.5, 0.6) is 0 Å². The van der Waals surface area contributed by atoms with E-state index in [1.165, 1.54) is 36.4 Å². The van der Waals surface area contributed by atoms with Crippen molar-refractivity contribution in [2.45, 2.75) is 0 Å². The Hall–Kier alpha value is -4.04. The number of amides is 1. The number of hydrogen-bond donors (Lipinski definition) is 2. The Balaban J connectivity index is 1.53. The van der Waals surface area contributed by atoms with Gasteiger partial charge in [0.25, 0.3) is 5.91 Å². The second-order valence-electron chi connectivity index (χ2n) is 6.90. The van der Waals surface area contributed by atoms with Crippen LogP contribution in [0.1, 0.15) is 42.2 Å². The number of nitrogens with two attached hydrogens (primary N) is 1. The maximum Gasteiger partial charge on any atom is 0.340 e. The number of rotatable bonds is 4. The number of carbonyl (C=O) groups is 4. The average molecular weight is 453 g/mol. The van der Waals surface area contributed by atoms with Crippen LogP contribution in [0.4, 0.5) is 15.8 Å². The number of halogens is 2. The molecule has 9 heteroatoms. The Morgan fingerprint density at radius 3 is 2.38 bits per heavy atom. The number of fused-ring (bicyclic) bond motifs is 2. The minimum absolute atomic E-state index is 0.0805. The van der Waals surface area contributed by atoms with Gasteiger partial charge in [-0.15, -0.1) is 0 Å². The summed E-state index contributed by atoms with van der Waals surface area (Å²) in [6.45, 7) is -0.739. The van der Waals surface area contributed by atoms with Crippen molar-refractivity contribution >= 4 is 46.4 Å². The molecule has 0 heterocycles. The molecule has 0 unspecified atom stereocenters. The standard InChI is InChI=1S/C23H14ClFN2O5/c24-11-5-8-16(25)17(9-11)27-18(28)10-32-23(31)15-7-6-14-19(20(15)26)22(30)13-4-2-1-3-12(13)21(14)29/h1-9H,10,26H2,(H,27,28). The summed E-state index contributed by atoms with van der Waals surface area (Å²) in [4.78, 5) is 50.1. The summed E-state index contributed by atoms with van der Waals surface area (Å²) in [5.74, 6) is -3.37. The third kappa shape index (κ3) is 3.72. The molecule has 0 saturated heterocycles. The largest absolute Gasteiger partial charge is 0.452 e. The molecule has 0 aromatic heterocycles. The first kappa shape index (κ1) is 21.2. The van der Waals surface area contributed by atoms with Gasteiger partial charge in [0.2, 0.25) is 0 Å². The number of benzene rings is 3. The molecule has 0 radical (unpaired) electrons. The van der Waals surface area contributed by atoms with E-state index in [0.717, 1.165) is 6.07 Å². The van der Waals surface area contributed by atoms with E-state index < -0.39 is 30.1 Å². The number of ketones is 2. The lowest BCUT2D eigenvalue weighted by molar-refractivity contribution is -0.119. The van der Waals surface area contributed by atoms with E-state index in [9.17, 15) is 23.6 Å². The second kappa shape index (κ2) is 8.24. The Kier molecular flexibility index (Phi) is 5.46. The number of carbonyl (C=O) groups excluding carboxylic acids is 4. The van der Waals surface area contributed by atoms with E-state index in [2.05, 4.69) is 5.32 Å². The number of nitrogens with one attached hydrogen (secondary N) is 1. The van der Waals surface area contributed by atoms with Gasteiger partial charge in [0.05, 0.1) is 22.5 Å². The fraction of sp³-hybridized carbons (Fsp3) is 0.0435. The first-order valence-corrected chi connectivity index (χ1v) is 9.68. The zero-order valence-corrected chi connectivity index (χ0v) is 17.0. The molecule has 0 saturated carbocycles. The van der Waals surface area contributed by atoms with Crippen molar-refractivity contribution in [3.8, 4) is 0 Å². The second-order valence-corrected chi connectivity index (χ2v) is 7.34. The maximum atomic E-state index is 13.7. The Morgan fingerprint density at radius 2 is 1.66 bits per heavy atom. The number of anilines is 2. The lowest BCUT2D eigenvalue weighted by Crippen LogP contribution is -2.25. The zero-order valence-electron chi connectivity index (χ0n) is 16.3. The topological polar surface area (TPSA) is 116 Å². The number of nitrogen functional groups attached to an aromatic ring is 1. The van der Waals surface area contributed by atoms with Crippen molar-refractivity contribution in [1.82, 2.24) is 0 Å². The third-order valence-electron chi connectivity index (χ3n) is 4.89. The lowest BCUT2D eigenvalue weighted by atomic mass is 9.82. The van der Waals surface area contributed by atoms with Crippen LogP contribution in [0.15, 0.2) is 54.6 Å². The van der Waals surface area contributed by atoms with E-state index in [0.29, 0.717) is 0 Å². The normalized spacial score (nSPS) is 12.1. The summed E-state index contributed by atoms with van der Waals surface area (Å²) in [6.07, 6.45) is 0. The van der Waals surface area contributed by atoms with E-state index in [1.807, 2.05) is 0 Å². The number of ether oxygens (including phenoxy) is 1. The molecule has 1 aliphatic carbocycles. The molecular formula is C23H14ClFN2O5. The highest BCUT2D eigenvalue weighted by Crippen LogP contribution is 2.33. The number of hydrogen-bond acceptors (Lipinski definition) is 6. The first-order valence-electron chi connectivity index (χ1n) is 9.31. The molecule has 32 heavy (non-hydrogen) atoms. The Labute approximate surface area is 185 Å². The van der Waals surface area contributed by atoms with Gasteiger partial charge in [-0.25, -0.2) is 9.18 Å². The van der Waals surface area contributed by atoms with Gasteiger partial charge in [0, 0.05) is 21.7 Å². The van der Waals surface area contributed by atoms with Gasteiger partial charge in [-0.05, 0) is 30.3 Å². The molecular weight excluding hydrogens is 439 g/mol. The van der Waals surface area contributed by atoms with Gasteiger partial charge in [0.1, 0.15) is 5.82 Å². The van der Waals surface area contributed by atoms with Crippen LogP contribution in [-0.4, -0.2) is 30.0 Å². The molecule has 160 valence electrons. The van der Waals surface area contributed by atoms with Crippen LogP contribution < -0.4 is 11.1 Å². The molecule has 0 bridgehead atoms. The fourth-order valence-corrected chi connectivity index (χ4v) is 3.55. The van der Waals surface area contributed by atoms with Crippen LogP contribution in [-0.2, 0) is 9.53 Å². The first-order chi connectivity index (χ1) is 15.3. The van der Waals surface area contributed by atoms with Crippen LogP contribution in [0, 0.1) is 5.82 Å². The summed E-state index contributed by atoms with van der Waals surface area (Å²) < 4.78 is 18.7. The van der Waals surface area contributed by atoms with Gasteiger partial charge in [-0.1, -0.05) is 35.9 Å². The van der Waals surface area contributed by atoms with Crippen LogP contribution >= 0.6 is 11.6 Å². The fourth-order valence-electron chi connectivity index (χ4n) is 3.38. The third-order valence-corrected chi connectivity index (χ3v) is 5.13. The molecule has 3 aromatic rings. The molecule has 4 rings (SSSR count). The Bertz CT molecular complexity index is 1320. The highest BCUT2D eigenvalue weighted by molar-refractivity contribution is 6.31. The highest BCUT2D eigenvalue weighted by Gasteiger charge is 2.33. The number of esters is 1. The van der Waals surface area contributed by atoms with E-state index in [1.54, 1.807) is 12.1 Å². The summed E-state index contributed by atoms with van der Waals surface area (Å²) >= 11 is 5.77. The highest BCUT2D eigenvalue weighted by atomic mass is 35.5. The summed E-state index contributed by atoms with van der Waals surface area (Å²) in [5, 5.41) is 2.45. The molecule has 0 aliphatic heterocycles. The molecule has 1 amide bonds. The minimum atomic E-state index is -0.980. The van der Waals surface area contributed by atoms with Crippen molar-refractivity contribution in [2.24, 2.45) is 0 Å². The van der Waals surface area contributed by atoms with Crippen molar-refractivity contribution in [1.29, 1.82) is 0 Å². The maximum absolute atomic E-state index is 13.7. The van der Waals surface area contributed by atoms with E-state index >= 15 is 0 Å². The molecule has 0 atom stereocenters. The zero-order chi connectivity index (χ0) is 23.0.